The van der Waals surface area contributed by atoms with Crippen molar-refractivity contribution in [1.82, 2.24) is 0 Å². The maximum atomic E-state index is 2.41. The summed E-state index contributed by atoms with van der Waals surface area (Å²) in [4.78, 5) is 0. The molecule has 3 aromatic carbocycles. The molecule has 0 heterocycles. The topological polar surface area (TPSA) is 0 Å². The average Bonchev–Trinajstić information content (AvgIpc) is 2.58. The average molecular weight is 322 g/mol. The molecule has 2 heteroatoms. The number of fused-ring (bicyclic) bond motifs is 3. The molecule has 0 fully saturated rings. The molecule has 22 heavy (non-hydrogen) atoms. The fourth-order valence-electron chi connectivity index (χ4n) is 3.56. The molecule has 110 valence electrons. The monoisotopic (exact) mass is 322 g/mol. The number of hydrogen-bond acceptors (Lipinski definition) is 2. The lowest BCUT2D eigenvalue weighted by Gasteiger charge is -2.33. The van der Waals surface area contributed by atoms with Crippen molar-refractivity contribution < 1.29 is 0 Å². The van der Waals surface area contributed by atoms with E-state index in [1.165, 1.54) is 33.0 Å². The summed E-state index contributed by atoms with van der Waals surface area (Å²) in [5, 5.41) is 3.58. The highest BCUT2D eigenvalue weighted by Gasteiger charge is 2.31. The molecule has 2 atom stereocenters. The van der Waals surface area contributed by atoms with E-state index < -0.39 is 0 Å². The molecular formula is C20H18S2. The number of rotatable bonds is 2. The smallest absolute Gasteiger partial charge is 0.0550 e. The molecule has 3 aromatic rings. The highest BCUT2D eigenvalue weighted by Crippen LogP contribution is 2.51. The summed E-state index contributed by atoms with van der Waals surface area (Å²) < 4.78 is 0. The van der Waals surface area contributed by atoms with Crippen LogP contribution in [-0.2, 0) is 0 Å². The minimum atomic E-state index is 0.444. The van der Waals surface area contributed by atoms with Crippen LogP contribution in [0.25, 0.3) is 10.8 Å². The molecule has 0 aliphatic heterocycles. The second-order valence-corrected chi connectivity index (χ2v) is 7.57. The van der Waals surface area contributed by atoms with Gasteiger partial charge in [0, 0.05) is 0 Å². The zero-order chi connectivity index (χ0) is 15.1. The van der Waals surface area contributed by atoms with Crippen LogP contribution in [0.5, 0.6) is 0 Å². The summed E-state index contributed by atoms with van der Waals surface area (Å²) in [6.45, 7) is 0. The summed E-state index contributed by atoms with van der Waals surface area (Å²) in [6.07, 6.45) is 4.44. The summed E-state index contributed by atoms with van der Waals surface area (Å²) in [5.74, 6) is 0. The quantitative estimate of drug-likeness (QED) is 0.562. The van der Waals surface area contributed by atoms with Gasteiger partial charge in [0.2, 0.25) is 0 Å². The van der Waals surface area contributed by atoms with Crippen LogP contribution in [-0.4, -0.2) is 12.5 Å². The van der Waals surface area contributed by atoms with E-state index in [0.717, 1.165) is 0 Å². The molecular weight excluding hydrogens is 304 g/mol. The Labute approximate surface area is 140 Å². The third kappa shape index (κ3) is 2.09. The summed E-state index contributed by atoms with van der Waals surface area (Å²) >= 11 is 3.89. The van der Waals surface area contributed by atoms with Crippen molar-refractivity contribution in [3.8, 4) is 0 Å². The van der Waals surface area contributed by atoms with Crippen LogP contribution in [0.2, 0.25) is 0 Å². The van der Waals surface area contributed by atoms with Gasteiger partial charge in [-0.25, -0.2) is 0 Å². The summed E-state index contributed by atoms with van der Waals surface area (Å²) in [7, 11) is 0. The van der Waals surface area contributed by atoms with E-state index in [1.54, 1.807) is 0 Å². The highest BCUT2D eigenvalue weighted by atomic mass is 32.2. The molecule has 0 amide bonds. The van der Waals surface area contributed by atoms with Gasteiger partial charge >= 0.3 is 0 Å². The first kappa shape index (κ1) is 14.2. The molecule has 0 nitrogen and oxygen atoms in total. The Kier molecular flexibility index (Phi) is 3.67. The Morgan fingerprint density at radius 2 is 1.00 bits per heavy atom. The SMILES string of the molecule is CS[C@H]1c2ccccc2[C@H](SC)c2cc3ccccc3cc21. The molecule has 0 saturated heterocycles. The lowest BCUT2D eigenvalue weighted by atomic mass is 9.84. The van der Waals surface area contributed by atoms with Gasteiger partial charge in [-0.3, -0.25) is 0 Å². The zero-order valence-corrected chi connectivity index (χ0v) is 14.4. The second kappa shape index (κ2) is 5.68. The predicted molar refractivity (Wildman–Crippen MR) is 101 cm³/mol. The van der Waals surface area contributed by atoms with Gasteiger partial charge in [-0.1, -0.05) is 48.5 Å². The summed E-state index contributed by atoms with van der Waals surface area (Å²) in [5.41, 5.74) is 5.95. The first-order valence-electron chi connectivity index (χ1n) is 7.50. The van der Waals surface area contributed by atoms with E-state index in [4.69, 9.17) is 0 Å². The van der Waals surface area contributed by atoms with Crippen LogP contribution in [0.15, 0.2) is 60.7 Å². The standard InChI is InChI=1S/C20H18S2/c1-21-19-15-9-5-6-10-16(15)20(22-2)18-12-14-8-4-3-7-13(14)11-17(18)19/h3-12,19-20H,1-2H3/t19-,20-/m0/s1. The predicted octanol–water partition coefficient (Wildman–Crippen LogP) is 6.06. The van der Waals surface area contributed by atoms with Gasteiger partial charge < -0.3 is 0 Å². The molecule has 4 rings (SSSR count). The van der Waals surface area contributed by atoms with E-state index in [1.807, 2.05) is 23.5 Å². The fourth-order valence-corrected chi connectivity index (χ4v) is 5.41. The largest absolute Gasteiger partial charge is 0.152 e. The third-order valence-corrected chi connectivity index (χ3v) is 6.51. The molecule has 0 saturated carbocycles. The molecule has 1 aliphatic rings. The van der Waals surface area contributed by atoms with Crippen molar-refractivity contribution in [3.63, 3.8) is 0 Å². The Morgan fingerprint density at radius 1 is 0.591 bits per heavy atom. The Bertz CT molecular complexity index is 768. The Morgan fingerprint density at radius 3 is 1.41 bits per heavy atom. The van der Waals surface area contributed by atoms with Gasteiger partial charge in [-0.2, -0.15) is 23.5 Å². The molecule has 0 N–H and O–H groups in total. The van der Waals surface area contributed by atoms with E-state index >= 15 is 0 Å². The van der Waals surface area contributed by atoms with E-state index in [-0.39, 0.29) is 0 Å². The molecule has 1 aliphatic carbocycles. The van der Waals surface area contributed by atoms with Crippen LogP contribution in [0, 0.1) is 0 Å². The summed E-state index contributed by atoms with van der Waals surface area (Å²) in [6, 6.07) is 22.5. The lowest BCUT2D eigenvalue weighted by molar-refractivity contribution is 0.976. The van der Waals surface area contributed by atoms with Gasteiger partial charge in [-0.15, -0.1) is 0 Å². The molecule has 0 radical (unpaired) electrons. The highest BCUT2D eigenvalue weighted by molar-refractivity contribution is 7.99. The van der Waals surface area contributed by atoms with Crippen molar-refractivity contribution in [3.05, 3.63) is 82.9 Å². The van der Waals surface area contributed by atoms with E-state index in [0.29, 0.717) is 10.5 Å². The maximum absolute atomic E-state index is 2.41. The first-order chi connectivity index (χ1) is 10.8. The minimum Gasteiger partial charge on any atom is -0.152 e. The maximum Gasteiger partial charge on any atom is 0.0550 e. The van der Waals surface area contributed by atoms with Gasteiger partial charge in [0.25, 0.3) is 0 Å². The Balaban J connectivity index is 2.03. The van der Waals surface area contributed by atoms with Crippen LogP contribution in [0.1, 0.15) is 32.8 Å². The van der Waals surface area contributed by atoms with Crippen molar-refractivity contribution in [2.24, 2.45) is 0 Å². The molecule has 0 aromatic heterocycles. The van der Waals surface area contributed by atoms with Crippen LogP contribution >= 0.6 is 23.5 Å². The first-order valence-corrected chi connectivity index (χ1v) is 10.1. The second-order valence-electron chi connectivity index (χ2n) is 5.69. The van der Waals surface area contributed by atoms with Crippen LogP contribution < -0.4 is 0 Å². The minimum absolute atomic E-state index is 0.444. The van der Waals surface area contributed by atoms with Crippen molar-refractivity contribution in [1.29, 1.82) is 0 Å². The molecule has 0 bridgehead atoms. The number of thioether (sulfide) groups is 2. The van der Waals surface area contributed by atoms with Gasteiger partial charge in [0.1, 0.15) is 0 Å². The molecule has 0 unspecified atom stereocenters. The zero-order valence-electron chi connectivity index (χ0n) is 12.7. The number of hydrogen-bond donors (Lipinski definition) is 0. The molecule has 0 spiro atoms. The van der Waals surface area contributed by atoms with Crippen molar-refractivity contribution in [2.45, 2.75) is 10.5 Å². The fraction of sp³-hybridized carbons (Fsp3) is 0.200. The van der Waals surface area contributed by atoms with Crippen molar-refractivity contribution >= 4 is 34.3 Å². The van der Waals surface area contributed by atoms with E-state index in [2.05, 4.69) is 73.2 Å². The van der Waals surface area contributed by atoms with Crippen molar-refractivity contribution in [2.75, 3.05) is 12.5 Å². The lowest BCUT2D eigenvalue weighted by Crippen LogP contribution is -2.14. The van der Waals surface area contributed by atoms with E-state index in [9.17, 15) is 0 Å². The van der Waals surface area contributed by atoms with Gasteiger partial charge in [-0.05, 0) is 57.7 Å². The number of benzene rings is 3. The van der Waals surface area contributed by atoms with Gasteiger partial charge in [0.15, 0.2) is 0 Å². The van der Waals surface area contributed by atoms with Gasteiger partial charge in [0.05, 0.1) is 10.5 Å². The van der Waals surface area contributed by atoms with Crippen LogP contribution in [0.4, 0.5) is 0 Å². The third-order valence-electron chi connectivity index (χ3n) is 4.55. The van der Waals surface area contributed by atoms with Crippen LogP contribution in [0.3, 0.4) is 0 Å². The Hall–Kier alpha value is -1.38. The normalized spacial score (nSPS) is 19.7.